The zero-order chi connectivity index (χ0) is 20.8. The van der Waals surface area contributed by atoms with Gasteiger partial charge in [0.1, 0.15) is 35.8 Å². The van der Waals surface area contributed by atoms with Crippen molar-refractivity contribution in [3.05, 3.63) is 82.7 Å². The summed E-state index contributed by atoms with van der Waals surface area (Å²) < 4.78 is 25.7. The molecule has 0 radical (unpaired) electrons. The predicted molar refractivity (Wildman–Crippen MR) is 98.3 cm³/mol. The summed E-state index contributed by atoms with van der Waals surface area (Å²) in [6.07, 6.45) is 0. The van der Waals surface area contributed by atoms with Crippen LogP contribution in [0.1, 0.15) is 22.3 Å². The molecule has 136 valence electrons. The van der Waals surface area contributed by atoms with E-state index >= 15 is 0 Å². The summed E-state index contributed by atoms with van der Waals surface area (Å²) in [7, 11) is 0. The highest BCUT2D eigenvalue weighted by Gasteiger charge is 2.15. The molecule has 0 aliphatic carbocycles. The van der Waals surface area contributed by atoms with Gasteiger partial charge >= 0.3 is 0 Å². The molecule has 0 bridgehead atoms. The third-order valence-electron chi connectivity index (χ3n) is 3.84. The SMILES string of the molecule is N#Cc1ccc(Oc2cccc(F)c2Oc2ccc(C#N)c(C#N)c2)cc1C#N. The van der Waals surface area contributed by atoms with Crippen LogP contribution in [0.5, 0.6) is 23.0 Å². The van der Waals surface area contributed by atoms with Gasteiger partial charge in [0.05, 0.1) is 22.3 Å². The van der Waals surface area contributed by atoms with E-state index in [1.165, 1.54) is 54.6 Å². The molecule has 7 heteroatoms. The summed E-state index contributed by atoms with van der Waals surface area (Å²) in [5.41, 5.74) is 0.577. The van der Waals surface area contributed by atoms with Crippen molar-refractivity contribution in [2.24, 2.45) is 0 Å². The number of benzene rings is 3. The van der Waals surface area contributed by atoms with Gasteiger partial charge in [-0.25, -0.2) is 4.39 Å². The van der Waals surface area contributed by atoms with Gasteiger partial charge in [-0.3, -0.25) is 0 Å². The molecule has 3 aromatic carbocycles. The normalized spacial score (nSPS) is 9.41. The molecule has 6 nitrogen and oxygen atoms in total. The average molecular weight is 380 g/mol. The molecule has 0 aromatic heterocycles. The topological polar surface area (TPSA) is 114 Å². The minimum atomic E-state index is -0.709. The number of hydrogen-bond acceptors (Lipinski definition) is 6. The molecular weight excluding hydrogens is 371 g/mol. The molecule has 0 N–H and O–H groups in total. The van der Waals surface area contributed by atoms with E-state index in [-0.39, 0.29) is 45.3 Å². The van der Waals surface area contributed by atoms with Crippen molar-refractivity contribution in [3.8, 4) is 47.3 Å². The summed E-state index contributed by atoms with van der Waals surface area (Å²) in [6, 6.07) is 20.1. The van der Waals surface area contributed by atoms with E-state index in [1.807, 2.05) is 24.3 Å². The maximum atomic E-state index is 14.4. The Balaban J connectivity index is 1.97. The Morgan fingerprint density at radius 2 is 1.14 bits per heavy atom. The van der Waals surface area contributed by atoms with E-state index in [0.717, 1.165) is 0 Å². The molecule has 0 aliphatic heterocycles. The highest BCUT2D eigenvalue weighted by Crippen LogP contribution is 2.37. The number of ether oxygens (including phenoxy) is 2. The second kappa shape index (κ2) is 8.23. The smallest absolute Gasteiger partial charge is 0.205 e. The number of halogens is 1. The van der Waals surface area contributed by atoms with Crippen LogP contribution in [0.15, 0.2) is 54.6 Å². The first-order valence-electron chi connectivity index (χ1n) is 8.12. The van der Waals surface area contributed by atoms with Gasteiger partial charge in [0.25, 0.3) is 0 Å². The van der Waals surface area contributed by atoms with E-state index in [2.05, 4.69) is 0 Å². The quantitative estimate of drug-likeness (QED) is 0.636. The Hall–Kier alpha value is -4.85. The van der Waals surface area contributed by atoms with Crippen LogP contribution in [0.2, 0.25) is 0 Å². The van der Waals surface area contributed by atoms with Crippen molar-refractivity contribution in [2.45, 2.75) is 0 Å². The van der Waals surface area contributed by atoms with Crippen LogP contribution < -0.4 is 9.47 Å². The molecule has 0 spiro atoms. The van der Waals surface area contributed by atoms with Gasteiger partial charge in [0, 0.05) is 0 Å². The largest absolute Gasteiger partial charge is 0.453 e. The summed E-state index contributed by atoms with van der Waals surface area (Å²) in [6.45, 7) is 0. The Morgan fingerprint density at radius 3 is 1.66 bits per heavy atom. The first kappa shape index (κ1) is 18.9. The van der Waals surface area contributed by atoms with E-state index in [9.17, 15) is 4.39 Å². The van der Waals surface area contributed by atoms with Gasteiger partial charge in [-0.2, -0.15) is 21.0 Å². The highest BCUT2D eigenvalue weighted by atomic mass is 19.1. The van der Waals surface area contributed by atoms with Gasteiger partial charge < -0.3 is 9.47 Å². The van der Waals surface area contributed by atoms with Crippen molar-refractivity contribution < 1.29 is 13.9 Å². The lowest BCUT2D eigenvalue weighted by atomic mass is 10.1. The number of rotatable bonds is 4. The van der Waals surface area contributed by atoms with Crippen LogP contribution in [0, 0.1) is 51.1 Å². The van der Waals surface area contributed by atoms with E-state index in [4.69, 9.17) is 30.5 Å². The average Bonchev–Trinajstić information content (AvgIpc) is 2.75. The molecule has 0 aliphatic rings. The fraction of sp³-hybridized carbons (Fsp3) is 0. The van der Waals surface area contributed by atoms with Gasteiger partial charge in [0.2, 0.25) is 5.75 Å². The molecule has 0 fully saturated rings. The first-order valence-corrected chi connectivity index (χ1v) is 8.12. The Labute approximate surface area is 165 Å². The van der Waals surface area contributed by atoms with Gasteiger partial charge in [-0.1, -0.05) is 6.07 Å². The van der Waals surface area contributed by atoms with Crippen LogP contribution in [-0.2, 0) is 0 Å². The summed E-state index contributed by atoms with van der Waals surface area (Å²) >= 11 is 0. The van der Waals surface area contributed by atoms with Gasteiger partial charge in [0.15, 0.2) is 11.6 Å². The molecule has 0 heterocycles. The highest BCUT2D eigenvalue weighted by molar-refractivity contribution is 5.53. The van der Waals surface area contributed by atoms with Crippen LogP contribution in [0.4, 0.5) is 4.39 Å². The van der Waals surface area contributed by atoms with Crippen molar-refractivity contribution >= 4 is 0 Å². The summed E-state index contributed by atoms with van der Waals surface area (Å²) in [5, 5.41) is 36.3. The van der Waals surface area contributed by atoms with E-state index < -0.39 is 5.82 Å². The summed E-state index contributed by atoms with van der Waals surface area (Å²) in [5.74, 6) is -0.550. The molecular formula is C22H9FN4O2. The van der Waals surface area contributed by atoms with Crippen LogP contribution in [-0.4, -0.2) is 0 Å². The number of para-hydroxylation sites is 1. The molecule has 29 heavy (non-hydrogen) atoms. The molecule has 0 saturated heterocycles. The number of nitrogens with zero attached hydrogens (tertiary/aromatic N) is 4. The third kappa shape index (κ3) is 3.96. The Morgan fingerprint density at radius 1 is 0.621 bits per heavy atom. The second-order valence-electron chi connectivity index (χ2n) is 5.63. The number of hydrogen-bond donors (Lipinski definition) is 0. The van der Waals surface area contributed by atoms with E-state index in [1.54, 1.807) is 0 Å². The van der Waals surface area contributed by atoms with E-state index in [0.29, 0.717) is 0 Å². The monoisotopic (exact) mass is 380 g/mol. The third-order valence-corrected chi connectivity index (χ3v) is 3.84. The van der Waals surface area contributed by atoms with Gasteiger partial charge in [-0.15, -0.1) is 0 Å². The van der Waals surface area contributed by atoms with Crippen molar-refractivity contribution in [1.29, 1.82) is 21.0 Å². The molecule has 0 saturated carbocycles. The molecule has 0 unspecified atom stereocenters. The van der Waals surface area contributed by atoms with Crippen LogP contribution in [0.25, 0.3) is 0 Å². The maximum Gasteiger partial charge on any atom is 0.205 e. The summed E-state index contributed by atoms with van der Waals surface area (Å²) in [4.78, 5) is 0. The Bertz CT molecular complexity index is 1270. The molecule has 3 aromatic rings. The number of nitriles is 4. The van der Waals surface area contributed by atoms with Crippen molar-refractivity contribution in [3.63, 3.8) is 0 Å². The van der Waals surface area contributed by atoms with Crippen LogP contribution >= 0.6 is 0 Å². The lowest BCUT2D eigenvalue weighted by molar-refractivity contribution is 0.394. The van der Waals surface area contributed by atoms with Crippen molar-refractivity contribution in [1.82, 2.24) is 0 Å². The van der Waals surface area contributed by atoms with Crippen molar-refractivity contribution in [2.75, 3.05) is 0 Å². The minimum Gasteiger partial charge on any atom is -0.453 e. The lowest BCUT2D eigenvalue weighted by Crippen LogP contribution is -1.95. The standard InChI is InChI=1S/C22H9FN4O2/c23-20-2-1-3-21(28-18-6-4-14(10-24)16(8-18)12-26)22(20)29-19-7-5-15(11-25)17(9-19)13-27/h1-9H. The molecule has 0 atom stereocenters. The molecule has 3 rings (SSSR count). The molecule has 0 amide bonds. The van der Waals surface area contributed by atoms with Crippen LogP contribution in [0.3, 0.4) is 0 Å². The predicted octanol–water partition coefficient (Wildman–Crippen LogP) is 4.90. The zero-order valence-corrected chi connectivity index (χ0v) is 14.7. The Kier molecular flexibility index (Phi) is 5.37. The minimum absolute atomic E-state index is 0.0291. The second-order valence-corrected chi connectivity index (χ2v) is 5.63. The first-order chi connectivity index (χ1) is 14.1. The fourth-order valence-electron chi connectivity index (χ4n) is 2.47. The lowest BCUT2D eigenvalue weighted by Gasteiger charge is -2.13. The maximum absolute atomic E-state index is 14.4. The fourth-order valence-corrected chi connectivity index (χ4v) is 2.47. The zero-order valence-electron chi connectivity index (χ0n) is 14.7. The van der Waals surface area contributed by atoms with Gasteiger partial charge in [-0.05, 0) is 48.5 Å².